The number of aromatic nitrogens is 1. The molecule has 2 aromatic carbocycles. The van der Waals surface area contributed by atoms with Gasteiger partial charge in [-0.15, -0.1) is 0 Å². The maximum atomic E-state index is 13.5. The number of imide groups is 1. The number of para-hydroxylation sites is 1. The van der Waals surface area contributed by atoms with Crippen molar-refractivity contribution in [3.8, 4) is 11.5 Å². The van der Waals surface area contributed by atoms with Crippen LogP contribution >= 0.6 is 0 Å². The number of urea groups is 1. The molecule has 40 heavy (non-hydrogen) atoms. The summed E-state index contributed by atoms with van der Waals surface area (Å²) in [4.78, 5) is 31.1. The number of amides is 3. The standard InChI is InChI=1S/C29H30F3N3O5/c1-3-5-19-17-33-24-21(6-4-7-22(24)29(30,31)32)25(19)40-15-14-38-13-11-35-26(36)28(2,34-27(35)37)20-8-9-23-18(16-20)10-12-39-23/h4,6-9,16-17H,3,5,10-15H2,1-2H3,(H,34,37). The van der Waals surface area contributed by atoms with Crippen LogP contribution in [0.15, 0.2) is 42.6 Å². The number of carbonyl (C=O) groups excluding carboxylic acids is 2. The number of alkyl halides is 3. The number of benzene rings is 2. The molecule has 1 fully saturated rings. The van der Waals surface area contributed by atoms with Crippen molar-refractivity contribution in [3.63, 3.8) is 0 Å². The molecule has 2 aliphatic heterocycles. The Labute approximate surface area is 229 Å². The molecule has 11 heteroatoms. The van der Waals surface area contributed by atoms with E-state index in [1.807, 2.05) is 19.1 Å². The number of rotatable bonds is 10. The minimum Gasteiger partial charge on any atom is -0.493 e. The Morgan fingerprint density at radius 3 is 2.75 bits per heavy atom. The first kappa shape index (κ1) is 27.7. The third kappa shape index (κ3) is 5.17. The van der Waals surface area contributed by atoms with E-state index in [0.29, 0.717) is 29.9 Å². The summed E-state index contributed by atoms with van der Waals surface area (Å²) in [5, 5.41) is 3.08. The Morgan fingerprint density at radius 2 is 1.98 bits per heavy atom. The molecule has 8 nitrogen and oxygen atoms in total. The van der Waals surface area contributed by atoms with Gasteiger partial charge in [-0.2, -0.15) is 13.2 Å². The molecule has 1 unspecified atom stereocenters. The summed E-state index contributed by atoms with van der Waals surface area (Å²) >= 11 is 0. The van der Waals surface area contributed by atoms with E-state index in [-0.39, 0.29) is 43.2 Å². The molecule has 0 saturated carbocycles. The van der Waals surface area contributed by atoms with Gasteiger partial charge in [0.15, 0.2) is 0 Å². The molecule has 2 aliphatic rings. The zero-order valence-corrected chi connectivity index (χ0v) is 22.3. The number of nitrogens with one attached hydrogen (secondary N) is 1. The van der Waals surface area contributed by atoms with E-state index in [1.54, 1.807) is 19.1 Å². The van der Waals surface area contributed by atoms with Crippen molar-refractivity contribution in [1.82, 2.24) is 15.2 Å². The molecule has 3 heterocycles. The number of nitrogens with zero attached hydrogens (tertiary/aromatic N) is 2. The first-order valence-corrected chi connectivity index (χ1v) is 13.2. The average Bonchev–Trinajstić information content (AvgIpc) is 3.48. The summed E-state index contributed by atoms with van der Waals surface area (Å²) < 4.78 is 57.6. The molecule has 0 aliphatic carbocycles. The second-order valence-corrected chi connectivity index (χ2v) is 9.96. The quantitative estimate of drug-likeness (QED) is 0.279. The predicted octanol–water partition coefficient (Wildman–Crippen LogP) is 5.00. The highest BCUT2D eigenvalue weighted by Gasteiger charge is 2.49. The Kier molecular flexibility index (Phi) is 7.59. The number of carbonyl (C=O) groups is 2. The van der Waals surface area contributed by atoms with Crippen LogP contribution in [-0.4, -0.2) is 54.8 Å². The summed E-state index contributed by atoms with van der Waals surface area (Å²) in [6.07, 6.45) is -0.996. The van der Waals surface area contributed by atoms with E-state index in [2.05, 4.69) is 10.3 Å². The van der Waals surface area contributed by atoms with Gasteiger partial charge in [-0.25, -0.2) is 4.79 Å². The molecular formula is C29H30F3N3O5. The van der Waals surface area contributed by atoms with Gasteiger partial charge in [0, 0.05) is 23.6 Å². The topological polar surface area (TPSA) is 90.0 Å². The van der Waals surface area contributed by atoms with Crippen molar-refractivity contribution < 1.29 is 37.0 Å². The van der Waals surface area contributed by atoms with Gasteiger partial charge >= 0.3 is 12.2 Å². The first-order chi connectivity index (χ1) is 19.1. The van der Waals surface area contributed by atoms with Crippen LogP contribution in [-0.2, 0) is 34.1 Å². The van der Waals surface area contributed by atoms with Gasteiger partial charge in [-0.05, 0) is 48.7 Å². The number of aryl methyl sites for hydroxylation is 1. The molecule has 0 radical (unpaired) electrons. The molecule has 1 saturated heterocycles. The predicted molar refractivity (Wildman–Crippen MR) is 140 cm³/mol. The lowest BCUT2D eigenvalue weighted by Crippen LogP contribution is -2.41. The lowest BCUT2D eigenvalue weighted by molar-refractivity contribution is -0.136. The van der Waals surface area contributed by atoms with Crippen LogP contribution in [0.25, 0.3) is 10.9 Å². The van der Waals surface area contributed by atoms with Crippen LogP contribution in [0.5, 0.6) is 11.5 Å². The highest BCUT2D eigenvalue weighted by molar-refractivity contribution is 6.07. The van der Waals surface area contributed by atoms with E-state index in [0.717, 1.165) is 35.1 Å². The highest BCUT2D eigenvalue weighted by atomic mass is 19.4. The lowest BCUT2D eigenvalue weighted by atomic mass is 9.90. The van der Waals surface area contributed by atoms with Gasteiger partial charge in [-0.3, -0.25) is 14.7 Å². The number of pyridine rings is 1. The van der Waals surface area contributed by atoms with Gasteiger partial charge in [-0.1, -0.05) is 25.5 Å². The van der Waals surface area contributed by atoms with E-state index in [1.165, 1.54) is 12.3 Å². The maximum absolute atomic E-state index is 13.5. The molecule has 1 atom stereocenters. The fourth-order valence-electron chi connectivity index (χ4n) is 5.14. The first-order valence-electron chi connectivity index (χ1n) is 13.2. The van der Waals surface area contributed by atoms with Crippen molar-refractivity contribution >= 4 is 22.8 Å². The Morgan fingerprint density at radius 1 is 1.15 bits per heavy atom. The molecular weight excluding hydrogens is 527 g/mol. The van der Waals surface area contributed by atoms with Crippen LogP contribution in [0.3, 0.4) is 0 Å². The van der Waals surface area contributed by atoms with Crippen molar-refractivity contribution in [2.24, 2.45) is 0 Å². The van der Waals surface area contributed by atoms with Crippen molar-refractivity contribution in [3.05, 3.63) is 64.8 Å². The number of halogens is 3. The van der Waals surface area contributed by atoms with Gasteiger partial charge in [0.2, 0.25) is 0 Å². The second-order valence-electron chi connectivity index (χ2n) is 9.96. The normalized spacial score (nSPS) is 18.7. The lowest BCUT2D eigenvalue weighted by Gasteiger charge is -2.23. The minimum absolute atomic E-state index is 0.0442. The molecule has 3 amide bonds. The maximum Gasteiger partial charge on any atom is 0.418 e. The van der Waals surface area contributed by atoms with E-state index >= 15 is 0 Å². The van der Waals surface area contributed by atoms with Gasteiger partial charge in [0.05, 0.1) is 37.4 Å². The second kappa shape index (κ2) is 11.0. The number of ether oxygens (including phenoxy) is 3. The molecule has 5 rings (SSSR count). The minimum atomic E-state index is -4.54. The Bertz CT molecular complexity index is 1440. The number of hydrogen-bond acceptors (Lipinski definition) is 6. The van der Waals surface area contributed by atoms with Crippen LogP contribution in [0.4, 0.5) is 18.0 Å². The van der Waals surface area contributed by atoms with Gasteiger partial charge in [0.1, 0.15) is 23.6 Å². The molecule has 1 aromatic heterocycles. The van der Waals surface area contributed by atoms with Crippen LogP contribution in [0.1, 0.15) is 42.5 Å². The van der Waals surface area contributed by atoms with Crippen molar-refractivity contribution in [2.75, 3.05) is 33.0 Å². The van der Waals surface area contributed by atoms with Crippen molar-refractivity contribution in [1.29, 1.82) is 0 Å². The highest BCUT2D eigenvalue weighted by Crippen LogP contribution is 2.38. The Balaban J connectivity index is 1.19. The fraction of sp³-hybridized carbons (Fsp3) is 0.414. The number of hydrogen-bond donors (Lipinski definition) is 1. The molecule has 0 bridgehead atoms. The zero-order chi connectivity index (χ0) is 28.5. The zero-order valence-electron chi connectivity index (χ0n) is 22.3. The molecule has 0 spiro atoms. The summed E-state index contributed by atoms with van der Waals surface area (Å²) in [6.45, 7) is 4.53. The fourth-order valence-corrected chi connectivity index (χ4v) is 5.14. The third-order valence-corrected chi connectivity index (χ3v) is 7.22. The van der Waals surface area contributed by atoms with Gasteiger partial charge in [0.25, 0.3) is 5.91 Å². The molecule has 212 valence electrons. The summed E-state index contributed by atoms with van der Waals surface area (Å²) in [7, 11) is 0. The molecule has 3 aromatic rings. The SMILES string of the molecule is CCCc1cnc2c(C(F)(F)F)cccc2c1OCCOCCN1C(=O)NC(C)(c2ccc3c(c2)CCO3)C1=O. The smallest absolute Gasteiger partial charge is 0.418 e. The largest absolute Gasteiger partial charge is 0.493 e. The van der Waals surface area contributed by atoms with E-state index < -0.39 is 23.3 Å². The van der Waals surface area contributed by atoms with E-state index in [9.17, 15) is 22.8 Å². The Hall–Kier alpha value is -3.86. The van der Waals surface area contributed by atoms with Crippen molar-refractivity contribution in [2.45, 2.75) is 44.8 Å². The summed E-state index contributed by atoms with van der Waals surface area (Å²) in [6, 6.07) is 8.90. The average molecular weight is 558 g/mol. The van der Waals surface area contributed by atoms with Crippen LogP contribution in [0.2, 0.25) is 0 Å². The third-order valence-electron chi connectivity index (χ3n) is 7.22. The van der Waals surface area contributed by atoms with Crippen LogP contribution in [0, 0.1) is 0 Å². The summed E-state index contributed by atoms with van der Waals surface area (Å²) in [5.41, 5.74) is 0.233. The summed E-state index contributed by atoms with van der Waals surface area (Å²) in [5.74, 6) is 0.772. The molecule has 1 N–H and O–H groups in total. The van der Waals surface area contributed by atoms with Gasteiger partial charge < -0.3 is 19.5 Å². The number of fused-ring (bicyclic) bond motifs is 2. The van der Waals surface area contributed by atoms with Crippen LogP contribution < -0.4 is 14.8 Å². The monoisotopic (exact) mass is 557 g/mol. The van der Waals surface area contributed by atoms with E-state index in [4.69, 9.17) is 14.2 Å².